The standard InChI is InChI=1S/C20H17F4N3O3/c1-2-29-18(28)10-5-13-3-4-14(11-17(13)21)19-25-12-27(26-19)15-6-8-16(9-7-15)30-20(22,23)24/h3-4,6-9,11-12H,2,5,10H2,1H3. The zero-order valence-corrected chi connectivity index (χ0v) is 15.8. The molecule has 3 rings (SSSR count). The van der Waals surface area contributed by atoms with E-state index in [9.17, 15) is 22.4 Å². The van der Waals surface area contributed by atoms with Crippen LogP contribution >= 0.6 is 0 Å². The smallest absolute Gasteiger partial charge is 0.466 e. The maximum atomic E-state index is 14.4. The van der Waals surface area contributed by atoms with Gasteiger partial charge in [-0.2, -0.15) is 0 Å². The van der Waals surface area contributed by atoms with Gasteiger partial charge in [-0.15, -0.1) is 18.3 Å². The van der Waals surface area contributed by atoms with Gasteiger partial charge in [0.05, 0.1) is 12.3 Å². The number of aromatic nitrogens is 3. The van der Waals surface area contributed by atoms with Crippen LogP contribution < -0.4 is 4.74 Å². The molecule has 6 nitrogen and oxygen atoms in total. The summed E-state index contributed by atoms with van der Waals surface area (Å²) in [4.78, 5) is 15.5. The number of benzene rings is 2. The second-order valence-electron chi connectivity index (χ2n) is 6.17. The fourth-order valence-electron chi connectivity index (χ4n) is 2.68. The highest BCUT2D eigenvalue weighted by atomic mass is 19.4. The number of hydrogen-bond donors (Lipinski definition) is 0. The Labute approximate surface area is 169 Å². The quantitative estimate of drug-likeness (QED) is 0.415. The number of carbonyl (C=O) groups excluding carboxylic acids is 1. The highest BCUT2D eigenvalue weighted by molar-refractivity contribution is 5.69. The summed E-state index contributed by atoms with van der Waals surface area (Å²) < 4.78 is 61.1. The second-order valence-corrected chi connectivity index (χ2v) is 6.17. The van der Waals surface area contributed by atoms with Crippen molar-refractivity contribution in [1.29, 1.82) is 0 Å². The summed E-state index contributed by atoms with van der Waals surface area (Å²) in [6, 6.07) is 9.53. The number of nitrogens with zero attached hydrogens (tertiary/aromatic N) is 3. The molecule has 0 unspecified atom stereocenters. The van der Waals surface area contributed by atoms with Crippen molar-refractivity contribution in [2.45, 2.75) is 26.1 Å². The van der Waals surface area contributed by atoms with Gasteiger partial charge in [0.15, 0.2) is 5.82 Å². The van der Waals surface area contributed by atoms with Crippen molar-refractivity contribution < 1.29 is 31.8 Å². The van der Waals surface area contributed by atoms with E-state index in [0.29, 0.717) is 16.8 Å². The molecule has 0 saturated heterocycles. The molecule has 158 valence electrons. The Bertz CT molecular complexity index is 1020. The van der Waals surface area contributed by atoms with Gasteiger partial charge in [0.1, 0.15) is 17.9 Å². The fourth-order valence-corrected chi connectivity index (χ4v) is 2.68. The Balaban J connectivity index is 1.71. The topological polar surface area (TPSA) is 66.2 Å². The largest absolute Gasteiger partial charge is 0.573 e. The molecule has 0 aliphatic rings. The van der Waals surface area contributed by atoms with Crippen molar-refractivity contribution >= 4 is 5.97 Å². The van der Waals surface area contributed by atoms with Crippen LogP contribution in [0.15, 0.2) is 48.8 Å². The maximum Gasteiger partial charge on any atom is 0.573 e. The summed E-state index contributed by atoms with van der Waals surface area (Å²) >= 11 is 0. The fraction of sp³-hybridized carbons (Fsp3) is 0.250. The van der Waals surface area contributed by atoms with Gasteiger partial charge in [0.25, 0.3) is 0 Å². The van der Waals surface area contributed by atoms with Crippen molar-refractivity contribution in [2.24, 2.45) is 0 Å². The molecule has 1 aromatic heterocycles. The molecule has 0 spiro atoms. The van der Waals surface area contributed by atoms with Gasteiger partial charge < -0.3 is 9.47 Å². The van der Waals surface area contributed by atoms with Gasteiger partial charge in [-0.05, 0) is 49.2 Å². The SMILES string of the molecule is CCOC(=O)CCc1ccc(-c2ncn(-c3ccc(OC(F)(F)F)cc3)n2)cc1F. The molecule has 0 amide bonds. The third-order valence-electron chi connectivity index (χ3n) is 4.04. The van der Waals surface area contributed by atoms with Gasteiger partial charge in [-0.25, -0.2) is 14.1 Å². The third-order valence-corrected chi connectivity index (χ3v) is 4.04. The first-order valence-corrected chi connectivity index (χ1v) is 8.97. The molecule has 30 heavy (non-hydrogen) atoms. The van der Waals surface area contributed by atoms with Gasteiger partial charge in [0, 0.05) is 12.0 Å². The molecule has 0 saturated carbocycles. The van der Waals surface area contributed by atoms with Crippen LogP contribution in [0, 0.1) is 5.82 Å². The molecule has 0 aliphatic carbocycles. The van der Waals surface area contributed by atoms with E-state index in [4.69, 9.17) is 4.74 Å². The highest BCUT2D eigenvalue weighted by Crippen LogP contribution is 2.24. The van der Waals surface area contributed by atoms with Crippen LogP contribution in [0.25, 0.3) is 17.1 Å². The average Bonchev–Trinajstić information content (AvgIpc) is 3.17. The predicted octanol–water partition coefficient (Wildman–Crippen LogP) is 4.47. The van der Waals surface area contributed by atoms with Crippen LogP contribution in [0.4, 0.5) is 17.6 Å². The van der Waals surface area contributed by atoms with Crippen molar-refractivity contribution in [2.75, 3.05) is 6.61 Å². The van der Waals surface area contributed by atoms with E-state index in [1.54, 1.807) is 19.1 Å². The lowest BCUT2D eigenvalue weighted by atomic mass is 10.1. The highest BCUT2D eigenvalue weighted by Gasteiger charge is 2.31. The summed E-state index contributed by atoms with van der Waals surface area (Å²) in [5.41, 5.74) is 1.24. The number of ether oxygens (including phenoxy) is 2. The number of rotatable bonds is 7. The molecular weight excluding hydrogens is 406 g/mol. The molecule has 3 aromatic rings. The number of aryl methyl sites for hydroxylation is 1. The minimum Gasteiger partial charge on any atom is -0.466 e. The normalized spacial score (nSPS) is 11.4. The van der Waals surface area contributed by atoms with Crippen molar-refractivity contribution in [3.8, 4) is 22.8 Å². The first kappa shape index (κ1) is 21.3. The average molecular weight is 423 g/mol. The lowest BCUT2D eigenvalue weighted by molar-refractivity contribution is -0.274. The van der Waals surface area contributed by atoms with Crippen LogP contribution in [0.2, 0.25) is 0 Å². The van der Waals surface area contributed by atoms with Gasteiger partial charge in [-0.3, -0.25) is 4.79 Å². The molecule has 0 fully saturated rings. The number of esters is 1. The maximum absolute atomic E-state index is 14.4. The Morgan fingerprint density at radius 1 is 1.13 bits per heavy atom. The van der Waals surface area contributed by atoms with E-state index in [-0.39, 0.29) is 31.0 Å². The van der Waals surface area contributed by atoms with Crippen LogP contribution in [0.1, 0.15) is 18.9 Å². The summed E-state index contributed by atoms with van der Waals surface area (Å²) in [5, 5.41) is 4.23. The number of carbonyl (C=O) groups is 1. The summed E-state index contributed by atoms with van der Waals surface area (Å²) in [6.45, 7) is 1.97. The van der Waals surface area contributed by atoms with E-state index in [0.717, 1.165) is 12.1 Å². The first-order chi connectivity index (χ1) is 14.2. The predicted molar refractivity (Wildman–Crippen MR) is 98.4 cm³/mol. The van der Waals surface area contributed by atoms with Gasteiger partial charge in [-0.1, -0.05) is 12.1 Å². The zero-order valence-electron chi connectivity index (χ0n) is 15.8. The molecule has 2 aromatic carbocycles. The van der Waals surface area contributed by atoms with E-state index in [2.05, 4.69) is 14.8 Å². The van der Waals surface area contributed by atoms with E-state index in [1.807, 2.05) is 0 Å². The van der Waals surface area contributed by atoms with Crippen molar-refractivity contribution in [1.82, 2.24) is 14.8 Å². The molecule has 10 heteroatoms. The first-order valence-electron chi connectivity index (χ1n) is 8.97. The molecule has 0 N–H and O–H groups in total. The Hall–Kier alpha value is -3.43. The monoisotopic (exact) mass is 423 g/mol. The Kier molecular flexibility index (Phi) is 6.34. The van der Waals surface area contributed by atoms with Gasteiger partial charge >= 0.3 is 12.3 Å². The molecule has 1 heterocycles. The second kappa shape index (κ2) is 8.93. The molecular formula is C20H17F4N3O3. The van der Waals surface area contributed by atoms with E-state index in [1.165, 1.54) is 29.2 Å². The minimum atomic E-state index is -4.77. The zero-order chi connectivity index (χ0) is 21.7. The lowest BCUT2D eigenvalue weighted by Gasteiger charge is -2.09. The van der Waals surface area contributed by atoms with Crippen LogP contribution in [0.3, 0.4) is 0 Å². The Morgan fingerprint density at radius 3 is 2.50 bits per heavy atom. The number of halogens is 4. The molecule has 0 atom stereocenters. The lowest BCUT2D eigenvalue weighted by Crippen LogP contribution is -2.17. The van der Waals surface area contributed by atoms with E-state index < -0.39 is 18.1 Å². The summed E-state index contributed by atoms with van der Waals surface area (Å²) in [6.07, 6.45) is -3.12. The summed E-state index contributed by atoms with van der Waals surface area (Å²) in [5.74, 6) is -1.01. The van der Waals surface area contributed by atoms with Crippen LogP contribution in [-0.4, -0.2) is 33.7 Å². The Morgan fingerprint density at radius 2 is 1.87 bits per heavy atom. The van der Waals surface area contributed by atoms with Gasteiger partial charge in [0.2, 0.25) is 0 Å². The number of hydrogen-bond acceptors (Lipinski definition) is 5. The minimum absolute atomic E-state index is 0.0744. The van der Waals surface area contributed by atoms with Crippen LogP contribution in [0.5, 0.6) is 5.75 Å². The molecule has 0 bridgehead atoms. The summed E-state index contributed by atoms with van der Waals surface area (Å²) in [7, 11) is 0. The molecule has 0 radical (unpaired) electrons. The van der Waals surface area contributed by atoms with E-state index >= 15 is 0 Å². The molecule has 0 aliphatic heterocycles. The number of alkyl halides is 3. The van der Waals surface area contributed by atoms with Crippen molar-refractivity contribution in [3.63, 3.8) is 0 Å². The third kappa shape index (κ3) is 5.56. The van der Waals surface area contributed by atoms with Crippen molar-refractivity contribution in [3.05, 3.63) is 60.2 Å². The van der Waals surface area contributed by atoms with Crippen LogP contribution in [-0.2, 0) is 16.0 Å².